The van der Waals surface area contributed by atoms with Crippen LogP contribution in [0.25, 0.3) is 0 Å². The summed E-state index contributed by atoms with van der Waals surface area (Å²) in [6, 6.07) is 10.6. The molecule has 108 valence electrons. The molecule has 0 radical (unpaired) electrons. The van der Waals surface area contributed by atoms with Crippen LogP contribution in [0.5, 0.6) is 0 Å². The average Bonchev–Trinajstić information content (AvgIpc) is 2.74. The highest BCUT2D eigenvalue weighted by Gasteiger charge is 2.46. The second-order valence-corrected chi connectivity index (χ2v) is 6.67. The summed E-state index contributed by atoms with van der Waals surface area (Å²) in [6.07, 6.45) is 3.72. The van der Waals surface area contributed by atoms with Crippen LogP contribution in [-0.4, -0.2) is 22.9 Å². The van der Waals surface area contributed by atoms with E-state index in [-0.39, 0.29) is 5.54 Å². The second-order valence-electron chi connectivity index (χ2n) is 6.67. The Morgan fingerprint density at radius 3 is 2.70 bits per heavy atom. The lowest BCUT2D eigenvalue weighted by atomic mass is 9.70. The highest BCUT2D eigenvalue weighted by molar-refractivity contribution is 5.81. The van der Waals surface area contributed by atoms with E-state index in [0.29, 0.717) is 0 Å². The molecule has 0 amide bonds. The molecule has 2 aliphatic rings. The first-order valence-electron chi connectivity index (χ1n) is 7.72. The molecule has 3 nitrogen and oxygen atoms in total. The largest absolute Gasteiger partial charge is 0.370 e. The lowest BCUT2D eigenvalue weighted by molar-refractivity contribution is 0.0795. The van der Waals surface area contributed by atoms with Gasteiger partial charge in [0.25, 0.3) is 0 Å². The van der Waals surface area contributed by atoms with Gasteiger partial charge in [0.15, 0.2) is 5.96 Å². The first kappa shape index (κ1) is 13.5. The van der Waals surface area contributed by atoms with E-state index in [2.05, 4.69) is 54.1 Å². The van der Waals surface area contributed by atoms with Gasteiger partial charge in [-0.25, -0.2) is 0 Å². The first-order chi connectivity index (χ1) is 9.61. The number of rotatable bonds is 2. The number of benzene rings is 1. The lowest BCUT2D eigenvalue weighted by Gasteiger charge is -2.46. The van der Waals surface area contributed by atoms with Crippen molar-refractivity contribution in [2.24, 2.45) is 22.6 Å². The van der Waals surface area contributed by atoms with Gasteiger partial charge in [0.2, 0.25) is 0 Å². The summed E-state index contributed by atoms with van der Waals surface area (Å²) in [5.41, 5.74) is 7.68. The maximum atomic E-state index is 6.19. The van der Waals surface area contributed by atoms with Gasteiger partial charge in [-0.15, -0.1) is 0 Å². The minimum atomic E-state index is 0.172. The predicted octanol–water partition coefficient (Wildman–Crippen LogP) is 3.01. The van der Waals surface area contributed by atoms with Gasteiger partial charge in [0.1, 0.15) is 0 Å². The molecule has 1 saturated carbocycles. The Bertz CT molecular complexity index is 496. The number of nitrogens with two attached hydrogens (primary N) is 1. The van der Waals surface area contributed by atoms with Gasteiger partial charge in [0.05, 0.1) is 12.1 Å². The Labute approximate surface area is 121 Å². The Morgan fingerprint density at radius 2 is 2.00 bits per heavy atom. The van der Waals surface area contributed by atoms with Gasteiger partial charge in [0, 0.05) is 6.54 Å². The molecule has 0 aromatic heterocycles. The zero-order chi connectivity index (χ0) is 14.2. The van der Waals surface area contributed by atoms with Crippen LogP contribution in [-0.2, 0) is 6.54 Å². The number of nitrogens with zero attached hydrogens (tertiary/aromatic N) is 2. The molecular weight excluding hydrogens is 246 g/mol. The van der Waals surface area contributed by atoms with Crippen molar-refractivity contribution in [1.82, 2.24) is 4.90 Å². The summed E-state index contributed by atoms with van der Waals surface area (Å²) in [6.45, 7) is 6.51. The zero-order valence-corrected chi connectivity index (χ0v) is 12.5. The molecular formula is C17H25N3. The zero-order valence-electron chi connectivity index (χ0n) is 12.5. The third-order valence-electron chi connectivity index (χ3n) is 5.31. The van der Waals surface area contributed by atoms with Gasteiger partial charge in [-0.3, -0.25) is 4.99 Å². The van der Waals surface area contributed by atoms with Crippen molar-refractivity contribution in [2.75, 3.05) is 6.54 Å². The third kappa shape index (κ3) is 2.30. The van der Waals surface area contributed by atoms with Gasteiger partial charge >= 0.3 is 0 Å². The molecule has 20 heavy (non-hydrogen) atoms. The fourth-order valence-electron chi connectivity index (χ4n) is 3.73. The molecule has 1 aliphatic carbocycles. The van der Waals surface area contributed by atoms with E-state index in [9.17, 15) is 0 Å². The molecule has 1 aromatic rings. The summed E-state index contributed by atoms with van der Waals surface area (Å²) in [7, 11) is 0. The van der Waals surface area contributed by atoms with E-state index >= 15 is 0 Å². The normalized spacial score (nSPS) is 33.5. The standard InChI is InChI=1S/C17H25N3/c1-13-8-9-17(10-14(13)2)12-19-16(18)20(17)11-15-6-4-3-5-7-15/h3-7,13-14H,8-12H2,1-2H3,(H2,18,19). The number of aliphatic imine (C=N–C) groups is 1. The Morgan fingerprint density at radius 1 is 1.25 bits per heavy atom. The van der Waals surface area contributed by atoms with Crippen LogP contribution in [0.4, 0.5) is 0 Å². The topological polar surface area (TPSA) is 41.6 Å². The van der Waals surface area contributed by atoms with Crippen molar-refractivity contribution in [3.05, 3.63) is 35.9 Å². The van der Waals surface area contributed by atoms with E-state index in [4.69, 9.17) is 5.73 Å². The molecule has 0 saturated heterocycles. The molecule has 1 heterocycles. The van der Waals surface area contributed by atoms with Crippen molar-refractivity contribution in [3.63, 3.8) is 0 Å². The second kappa shape index (κ2) is 5.12. The molecule has 3 atom stereocenters. The maximum absolute atomic E-state index is 6.19. The minimum absolute atomic E-state index is 0.172. The summed E-state index contributed by atoms with van der Waals surface area (Å²) in [5, 5.41) is 0. The van der Waals surface area contributed by atoms with Crippen LogP contribution in [0.1, 0.15) is 38.7 Å². The lowest BCUT2D eigenvalue weighted by Crippen LogP contribution is -2.54. The van der Waals surface area contributed by atoms with E-state index in [0.717, 1.165) is 30.9 Å². The molecule has 1 spiro atoms. The number of hydrogen-bond donors (Lipinski definition) is 1. The van der Waals surface area contributed by atoms with Crippen LogP contribution in [0.15, 0.2) is 35.3 Å². The SMILES string of the molecule is CC1CCC2(CN=C(N)N2Cc2ccccc2)CC1C. The summed E-state index contributed by atoms with van der Waals surface area (Å²) in [5.74, 6) is 2.31. The van der Waals surface area contributed by atoms with Crippen LogP contribution in [0.2, 0.25) is 0 Å². The van der Waals surface area contributed by atoms with Gasteiger partial charge in [-0.05, 0) is 36.7 Å². The Hall–Kier alpha value is -1.51. The van der Waals surface area contributed by atoms with Crippen molar-refractivity contribution in [3.8, 4) is 0 Å². The summed E-state index contributed by atoms with van der Waals surface area (Å²) in [4.78, 5) is 6.94. The fourth-order valence-corrected chi connectivity index (χ4v) is 3.73. The van der Waals surface area contributed by atoms with Gasteiger partial charge in [-0.1, -0.05) is 44.2 Å². The quantitative estimate of drug-likeness (QED) is 0.898. The number of guanidine groups is 1. The van der Waals surface area contributed by atoms with Crippen molar-refractivity contribution < 1.29 is 0 Å². The first-order valence-corrected chi connectivity index (χ1v) is 7.72. The van der Waals surface area contributed by atoms with Gasteiger partial charge in [-0.2, -0.15) is 0 Å². The molecule has 3 heteroatoms. The number of hydrogen-bond acceptors (Lipinski definition) is 3. The van der Waals surface area contributed by atoms with Crippen LogP contribution in [0.3, 0.4) is 0 Å². The average molecular weight is 271 g/mol. The van der Waals surface area contributed by atoms with Crippen LogP contribution >= 0.6 is 0 Å². The van der Waals surface area contributed by atoms with Crippen molar-refractivity contribution >= 4 is 5.96 Å². The predicted molar refractivity (Wildman–Crippen MR) is 83.4 cm³/mol. The Balaban J connectivity index is 1.81. The molecule has 1 aliphatic heterocycles. The molecule has 1 aromatic carbocycles. The van der Waals surface area contributed by atoms with Crippen molar-refractivity contribution in [2.45, 2.75) is 45.2 Å². The Kier molecular flexibility index (Phi) is 3.45. The van der Waals surface area contributed by atoms with Crippen LogP contribution < -0.4 is 5.73 Å². The minimum Gasteiger partial charge on any atom is -0.370 e. The smallest absolute Gasteiger partial charge is 0.192 e. The van der Waals surface area contributed by atoms with E-state index < -0.39 is 0 Å². The third-order valence-corrected chi connectivity index (χ3v) is 5.31. The van der Waals surface area contributed by atoms with E-state index in [1.807, 2.05) is 0 Å². The fraction of sp³-hybridized carbons (Fsp3) is 0.588. The summed E-state index contributed by atoms with van der Waals surface area (Å²) < 4.78 is 0. The molecule has 3 rings (SSSR count). The molecule has 2 N–H and O–H groups in total. The maximum Gasteiger partial charge on any atom is 0.192 e. The molecule has 0 bridgehead atoms. The van der Waals surface area contributed by atoms with E-state index in [1.54, 1.807) is 0 Å². The van der Waals surface area contributed by atoms with Crippen LogP contribution in [0, 0.1) is 11.8 Å². The highest BCUT2D eigenvalue weighted by Crippen LogP contribution is 2.42. The summed E-state index contributed by atoms with van der Waals surface area (Å²) >= 11 is 0. The van der Waals surface area contributed by atoms with E-state index in [1.165, 1.54) is 24.8 Å². The van der Waals surface area contributed by atoms with Crippen molar-refractivity contribution in [1.29, 1.82) is 0 Å². The molecule has 3 unspecified atom stereocenters. The monoisotopic (exact) mass is 271 g/mol. The molecule has 1 fully saturated rings. The van der Waals surface area contributed by atoms with Gasteiger partial charge < -0.3 is 10.6 Å². The highest BCUT2D eigenvalue weighted by atomic mass is 15.4.